The fraction of sp³-hybridized carbons (Fsp3) is 0.462. The maximum Gasteiger partial charge on any atom is 0.416 e. The highest BCUT2D eigenvalue weighted by Gasteiger charge is 2.30. The molecule has 0 radical (unpaired) electrons. The zero-order chi connectivity index (χ0) is 15.3. The van der Waals surface area contributed by atoms with Crippen molar-refractivity contribution in [3.63, 3.8) is 0 Å². The number of anilines is 1. The molecule has 0 spiro atoms. The first kappa shape index (κ1) is 16.3. The number of guanidine groups is 1. The van der Waals surface area contributed by atoms with Crippen molar-refractivity contribution < 1.29 is 13.2 Å². The summed E-state index contributed by atoms with van der Waals surface area (Å²) in [5.74, 6) is 5.87. The SMILES string of the molecule is Cc1ccc(C(F)(F)F)cc1NC(=NCC(C)C)NN. The van der Waals surface area contributed by atoms with Gasteiger partial charge in [-0.2, -0.15) is 13.2 Å². The minimum absolute atomic E-state index is 0.237. The van der Waals surface area contributed by atoms with Gasteiger partial charge in [-0.15, -0.1) is 0 Å². The van der Waals surface area contributed by atoms with E-state index in [9.17, 15) is 13.2 Å². The highest BCUT2D eigenvalue weighted by molar-refractivity contribution is 5.94. The highest BCUT2D eigenvalue weighted by atomic mass is 19.4. The van der Waals surface area contributed by atoms with Gasteiger partial charge in [-0.25, -0.2) is 5.84 Å². The fourth-order valence-electron chi connectivity index (χ4n) is 1.46. The van der Waals surface area contributed by atoms with Crippen molar-refractivity contribution in [2.24, 2.45) is 16.8 Å². The van der Waals surface area contributed by atoms with Crippen LogP contribution in [0.25, 0.3) is 0 Å². The lowest BCUT2D eigenvalue weighted by Crippen LogP contribution is -2.36. The third-order valence-electron chi connectivity index (χ3n) is 2.57. The van der Waals surface area contributed by atoms with Crippen molar-refractivity contribution in [1.29, 1.82) is 0 Å². The van der Waals surface area contributed by atoms with Crippen molar-refractivity contribution in [1.82, 2.24) is 5.43 Å². The first-order valence-electron chi connectivity index (χ1n) is 6.20. The van der Waals surface area contributed by atoms with Crippen LogP contribution in [0.1, 0.15) is 25.0 Å². The normalized spacial score (nSPS) is 12.7. The molecule has 4 nitrogen and oxygen atoms in total. The number of alkyl halides is 3. The van der Waals surface area contributed by atoms with E-state index in [1.54, 1.807) is 6.92 Å². The molecule has 0 bridgehead atoms. The predicted molar refractivity (Wildman–Crippen MR) is 74.3 cm³/mol. The molecule has 4 N–H and O–H groups in total. The number of aryl methyl sites for hydroxylation is 1. The van der Waals surface area contributed by atoms with Gasteiger partial charge in [0.25, 0.3) is 0 Å². The molecule has 1 aromatic rings. The van der Waals surface area contributed by atoms with E-state index in [2.05, 4.69) is 15.7 Å². The number of hydrazine groups is 1. The van der Waals surface area contributed by atoms with Crippen molar-refractivity contribution >= 4 is 11.6 Å². The minimum Gasteiger partial charge on any atom is -0.325 e. The van der Waals surface area contributed by atoms with E-state index in [1.165, 1.54) is 6.07 Å². The van der Waals surface area contributed by atoms with Crippen LogP contribution in [0, 0.1) is 12.8 Å². The second-order valence-corrected chi connectivity index (χ2v) is 4.88. The predicted octanol–water partition coefficient (Wildman–Crippen LogP) is 2.90. The molecular formula is C13H19F3N4. The molecule has 0 aliphatic carbocycles. The zero-order valence-corrected chi connectivity index (χ0v) is 11.7. The molecule has 0 saturated carbocycles. The van der Waals surface area contributed by atoms with Crippen LogP contribution in [0.4, 0.5) is 18.9 Å². The molecule has 0 aromatic heterocycles. The molecule has 0 saturated heterocycles. The topological polar surface area (TPSA) is 62.4 Å². The summed E-state index contributed by atoms with van der Waals surface area (Å²) in [5.41, 5.74) is 2.62. The maximum atomic E-state index is 12.7. The number of rotatable bonds is 3. The van der Waals surface area contributed by atoms with Gasteiger partial charge in [0.05, 0.1) is 5.56 Å². The van der Waals surface area contributed by atoms with E-state index < -0.39 is 11.7 Å². The number of halogens is 3. The Bertz CT molecular complexity index is 481. The van der Waals surface area contributed by atoms with Crippen LogP contribution in [0.3, 0.4) is 0 Å². The molecule has 112 valence electrons. The molecule has 0 atom stereocenters. The Morgan fingerprint density at radius 1 is 1.35 bits per heavy atom. The van der Waals surface area contributed by atoms with E-state index in [1.807, 2.05) is 13.8 Å². The van der Waals surface area contributed by atoms with Crippen molar-refractivity contribution in [2.45, 2.75) is 26.9 Å². The van der Waals surface area contributed by atoms with Gasteiger partial charge >= 0.3 is 6.18 Å². The van der Waals surface area contributed by atoms with E-state index in [0.717, 1.165) is 12.1 Å². The molecule has 20 heavy (non-hydrogen) atoms. The largest absolute Gasteiger partial charge is 0.416 e. The number of nitrogens with two attached hydrogens (primary N) is 1. The third kappa shape index (κ3) is 4.73. The molecule has 0 aliphatic heterocycles. The smallest absolute Gasteiger partial charge is 0.325 e. The number of benzene rings is 1. The summed E-state index contributed by atoms with van der Waals surface area (Å²) < 4.78 is 38.0. The quantitative estimate of drug-likeness (QED) is 0.347. The first-order chi connectivity index (χ1) is 9.24. The molecule has 1 rings (SSSR count). The average Bonchev–Trinajstić information content (AvgIpc) is 2.34. The minimum atomic E-state index is -4.38. The summed E-state index contributed by atoms with van der Waals surface area (Å²) in [6.45, 7) is 6.18. The van der Waals surface area contributed by atoms with Gasteiger partial charge in [0.2, 0.25) is 5.96 Å². The monoisotopic (exact) mass is 288 g/mol. The maximum absolute atomic E-state index is 12.7. The Balaban J connectivity index is 2.98. The van der Waals surface area contributed by atoms with Gasteiger partial charge in [-0.1, -0.05) is 19.9 Å². The van der Waals surface area contributed by atoms with Gasteiger partial charge in [0, 0.05) is 12.2 Å². The Morgan fingerprint density at radius 2 is 2.00 bits per heavy atom. The number of hydrogen-bond acceptors (Lipinski definition) is 2. The van der Waals surface area contributed by atoms with E-state index in [-0.39, 0.29) is 5.96 Å². The molecule has 0 unspecified atom stereocenters. The lowest BCUT2D eigenvalue weighted by molar-refractivity contribution is -0.137. The third-order valence-corrected chi connectivity index (χ3v) is 2.57. The number of hydrogen-bond donors (Lipinski definition) is 3. The van der Waals surface area contributed by atoms with Crippen LogP contribution < -0.4 is 16.6 Å². The lowest BCUT2D eigenvalue weighted by Gasteiger charge is -2.14. The molecule has 0 amide bonds. The van der Waals surface area contributed by atoms with Crippen LogP contribution in [0.2, 0.25) is 0 Å². The van der Waals surface area contributed by atoms with Gasteiger partial charge in [0.15, 0.2) is 0 Å². The van der Waals surface area contributed by atoms with Crippen LogP contribution in [0.15, 0.2) is 23.2 Å². The summed E-state index contributed by atoms with van der Waals surface area (Å²) in [6, 6.07) is 3.49. The van der Waals surface area contributed by atoms with Gasteiger partial charge in [0.1, 0.15) is 0 Å². The van der Waals surface area contributed by atoms with Crippen molar-refractivity contribution in [2.75, 3.05) is 11.9 Å². The standard InChI is InChI=1S/C13H19F3N4/c1-8(2)7-18-12(20-17)19-11-6-10(13(14,15)16)5-4-9(11)3/h4-6,8H,7,17H2,1-3H3,(H2,18,19,20). The summed E-state index contributed by atoms with van der Waals surface area (Å²) in [5, 5.41) is 2.78. The first-order valence-corrected chi connectivity index (χ1v) is 6.20. The molecule has 0 aliphatic rings. The molecule has 1 aromatic carbocycles. The van der Waals surface area contributed by atoms with Gasteiger partial charge < -0.3 is 5.32 Å². The summed E-state index contributed by atoms with van der Waals surface area (Å²) in [4.78, 5) is 4.16. The van der Waals surface area contributed by atoms with Crippen LogP contribution in [0.5, 0.6) is 0 Å². The van der Waals surface area contributed by atoms with Crippen LogP contribution in [-0.4, -0.2) is 12.5 Å². The van der Waals surface area contributed by atoms with E-state index in [4.69, 9.17) is 5.84 Å². The van der Waals surface area contributed by atoms with E-state index >= 15 is 0 Å². The number of nitrogens with one attached hydrogen (secondary N) is 2. The zero-order valence-electron chi connectivity index (χ0n) is 11.7. The second-order valence-electron chi connectivity index (χ2n) is 4.88. The average molecular weight is 288 g/mol. The molecular weight excluding hydrogens is 269 g/mol. The Kier molecular flexibility index (Phi) is 5.38. The van der Waals surface area contributed by atoms with Crippen molar-refractivity contribution in [3.8, 4) is 0 Å². The summed E-state index contributed by atoms with van der Waals surface area (Å²) in [6.07, 6.45) is -4.38. The Hall–Kier alpha value is -1.76. The van der Waals surface area contributed by atoms with Crippen LogP contribution >= 0.6 is 0 Å². The molecule has 0 fully saturated rings. The summed E-state index contributed by atoms with van der Waals surface area (Å²) in [7, 11) is 0. The fourth-order valence-corrected chi connectivity index (χ4v) is 1.46. The Morgan fingerprint density at radius 3 is 2.50 bits per heavy atom. The van der Waals surface area contributed by atoms with Crippen LogP contribution in [-0.2, 0) is 6.18 Å². The number of aliphatic imine (C=N–C) groups is 1. The van der Waals surface area contributed by atoms with Gasteiger partial charge in [-0.05, 0) is 30.5 Å². The molecule has 7 heteroatoms. The van der Waals surface area contributed by atoms with Crippen molar-refractivity contribution in [3.05, 3.63) is 29.3 Å². The van der Waals surface area contributed by atoms with E-state index in [0.29, 0.717) is 23.7 Å². The van der Waals surface area contributed by atoms with Gasteiger partial charge in [-0.3, -0.25) is 10.4 Å². The highest BCUT2D eigenvalue weighted by Crippen LogP contribution is 2.31. The number of nitrogens with zero attached hydrogens (tertiary/aromatic N) is 1. The lowest BCUT2D eigenvalue weighted by atomic mass is 10.1. The summed E-state index contributed by atoms with van der Waals surface area (Å²) >= 11 is 0. The second kappa shape index (κ2) is 6.60. The molecule has 0 heterocycles. The Labute approximate surface area is 116 Å².